The molecule has 0 saturated carbocycles. The van der Waals surface area contributed by atoms with Crippen LogP contribution in [0.5, 0.6) is 0 Å². The fourth-order valence-corrected chi connectivity index (χ4v) is 5.70. The van der Waals surface area contributed by atoms with E-state index in [4.69, 9.17) is 0 Å². The number of fused-ring (bicyclic) bond motifs is 3. The van der Waals surface area contributed by atoms with Crippen molar-refractivity contribution in [2.75, 3.05) is 13.1 Å². The van der Waals surface area contributed by atoms with Gasteiger partial charge in [0.2, 0.25) is 11.7 Å². The number of nitrogens with one attached hydrogen (secondary N) is 1. The van der Waals surface area contributed by atoms with Gasteiger partial charge >= 0.3 is 0 Å². The van der Waals surface area contributed by atoms with E-state index in [0.29, 0.717) is 41.6 Å². The molecule has 0 aliphatic carbocycles. The number of aromatic nitrogens is 4. The summed E-state index contributed by atoms with van der Waals surface area (Å²) in [6, 6.07) is 12.7. The molecular weight excluding hydrogens is 460 g/mol. The Labute approximate surface area is 208 Å². The Balaban J connectivity index is 1.21. The molecule has 0 atom stereocenters. The standard InChI is InChI=1S/C26H32N6O2S/c1-18(2)16-31-25(34)24-21(12-15-35-24)32-22(28-29-26(31)32)8-9-23(33)27-20-10-13-30(14-11-20)17-19-6-4-3-5-7-19/h3-7,12,15,18,20H,8-11,13-14,16-17H2,1-2H3,(H,27,33). The van der Waals surface area contributed by atoms with Gasteiger partial charge in [-0.25, -0.2) is 0 Å². The van der Waals surface area contributed by atoms with Gasteiger partial charge in [0.25, 0.3) is 5.56 Å². The Morgan fingerprint density at radius 1 is 1.14 bits per heavy atom. The highest BCUT2D eigenvalue weighted by atomic mass is 32.1. The minimum atomic E-state index is -0.0218. The van der Waals surface area contributed by atoms with Crippen LogP contribution in [0.3, 0.4) is 0 Å². The lowest BCUT2D eigenvalue weighted by Crippen LogP contribution is -2.44. The number of aryl methyl sites for hydroxylation is 1. The van der Waals surface area contributed by atoms with E-state index >= 15 is 0 Å². The highest BCUT2D eigenvalue weighted by Crippen LogP contribution is 2.21. The molecule has 184 valence electrons. The number of carbonyl (C=O) groups excluding carboxylic acids is 1. The van der Waals surface area contributed by atoms with Gasteiger partial charge in [0, 0.05) is 45.1 Å². The number of rotatable bonds is 8. The highest BCUT2D eigenvalue weighted by Gasteiger charge is 2.22. The van der Waals surface area contributed by atoms with E-state index in [1.807, 2.05) is 21.9 Å². The summed E-state index contributed by atoms with van der Waals surface area (Å²) in [7, 11) is 0. The summed E-state index contributed by atoms with van der Waals surface area (Å²) in [6.45, 7) is 7.67. The third-order valence-corrected chi connectivity index (χ3v) is 7.50. The van der Waals surface area contributed by atoms with E-state index in [-0.39, 0.29) is 17.5 Å². The lowest BCUT2D eigenvalue weighted by atomic mass is 10.0. The van der Waals surface area contributed by atoms with Crippen LogP contribution in [-0.2, 0) is 24.3 Å². The van der Waals surface area contributed by atoms with Gasteiger partial charge in [-0.1, -0.05) is 44.2 Å². The second-order valence-electron chi connectivity index (χ2n) is 9.80. The molecule has 9 heteroatoms. The molecule has 0 unspecified atom stereocenters. The van der Waals surface area contributed by atoms with Crippen LogP contribution in [0.25, 0.3) is 16.0 Å². The molecule has 1 amide bonds. The van der Waals surface area contributed by atoms with Crippen LogP contribution in [0.15, 0.2) is 46.6 Å². The molecule has 1 saturated heterocycles. The first-order chi connectivity index (χ1) is 17.0. The summed E-state index contributed by atoms with van der Waals surface area (Å²) in [5.74, 6) is 1.61. The van der Waals surface area contributed by atoms with Gasteiger partial charge in [0.05, 0.1) is 5.52 Å². The number of likely N-dealkylation sites (tertiary alicyclic amines) is 1. The fraction of sp³-hybridized carbons (Fsp3) is 0.462. The SMILES string of the molecule is CC(C)Cn1c(=O)c2sccc2n2c(CCC(=O)NC3CCN(Cc4ccccc4)CC3)nnc12. The molecule has 4 heterocycles. The zero-order valence-electron chi connectivity index (χ0n) is 20.3. The van der Waals surface area contributed by atoms with Crippen molar-refractivity contribution in [2.24, 2.45) is 5.92 Å². The van der Waals surface area contributed by atoms with Gasteiger partial charge in [0.1, 0.15) is 10.5 Å². The van der Waals surface area contributed by atoms with Crippen LogP contribution in [-0.4, -0.2) is 49.1 Å². The van der Waals surface area contributed by atoms with Crippen molar-refractivity contribution in [1.82, 2.24) is 29.4 Å². The summed E-state index contributed by atoms with van der Waals surface area (Å²) in [6.07, 6.45) is 2.75. The molecule has 1 fully saturated rings. The first-order valence-corrected chi connectivity index (χ1v) is 13.3. The average Bonchev–Trinajstić information content (AvgIpc) is 3.49. The Bertz CT molecular complexity index is 1370. The van der Waals surface area contributed by atoms with Crippen LogP contribution >= 0.6 is 11.3 Å². The molecule has 3 aromatic heterocycles. The zero-order valence-corrected chi connectivity index (χ0v) is 21.1. The topological polar surface area (TPSA) is 84.5 Å². The number of amides is 1. The molecule has 0 spiro atoms. The number of nitrogens with zero attached hydrogens (tertiary/aromatic N) is 5. The fourth-order valence-electron chi connectivity index (χ4n) is 4.87. The molecule has 5 rings (SSSR count). The van der Waals surface area contributed by atoms with E-state index in [9.17, 15) is 9.59 Å². The maximum atomic E-state index is 13.0. The monoisotopic (exact) mass is 492 g/mol. The van der Waals surface area contributed by atoms with Gasteiger partial charge in [0.15, 0.2) is 0 Å². The van der Waals surface area contributed by atoms with Crippen LogP contribution in [0.4, 0.5) is 0 Å². The van der Waals surface area contributed by atoms with Crippen molar-refractivity contribution in [3.05, 3.63) is 63.5 Å². The quantitative estimate of drug-likeness (QED) is 0.407. The van der Waals surface area contributed by atoms with E-state index in [1.54, 1.807) is 4.57 Å². The second-order valence-corrected chi connectivity index (χ2v) is 10.7. The zero-order chi connectivity index (χ0) is 24.4. The first-order valence-electron chi connectivity index (χ1n) is 12.4. The van der Waals surface area contributed by atoms with Crippen molar-refractivity contribution in [3.8, 4) is 0 Å². The summed E-state index contributed by atoms with van der Waals surface area (Å²) >= 11 is 1.44. The minimum absolute atomic E-state index is 0.0218. The first kappa shape index (κ1) is 23.7. The third-order valence-electron chi connectivity index (χ3n) is 6.60. The van der Waals surface area contributed by atoms with Crippen LogP contribution < -0.4 is 10.9 Å². The smallest absolute Gasteiger partial charge is 0.272 e. The molecule has 1 aliphatic heterocycles. The number of hydrogen-bond donors (Lipinski definition) is 1. The Morgan fingerprint density at radius 2 is 1.91 bits per heavy atom. The van der Waals surface area contributed by atoms with Gasteiger partial charge < -0.3 is 5.32 Å². The van der Waals surface area contributed by atoms with E-state index in [2.05, 4.69) is 58.5 Å². The lowest BCUT2D eigenvalue weighted by Gasteiger charge is -2.32. The van der Waals surface area contributed by atoms with Gasteiger partial charge in [-0.2, -0.15) is 0 Å². The van der Waals surface area contributed by atoms with Crippen molar-refractivity contribution in [1.29, 1.82) is 0 Å². The highest BCUT2D eigenvalue weighted by molar-refractivity contribution is 7.17. The number of carbonyl (C=O) groups is 1. The second kappa shape index (κ2) is 10.3. The van der Waals surface area contributed by atoms with Crippen LogP contribution in [0.1, 0.15) is 44.5 Å². The average molecular weight is 493 g/mol. The number of benzene rings is 1. The van der Waals surface area contributed by atoms with E-state index in [1.165, 1.54) is 16.9 Å². The van der Waals surface area contributed by atoms with Crippen molar-refractivity contribution in [2.45, 2.75) is 58.7 Å². The van der Waals surface area contributed by atoms with Gasteiger partial charge in [-0.3, -0.25) is 23.5 Å². The van der Waals surface area contributed by atoms with Gasteiger partial charge in [-0.05, 0) is 35.8 Å². The minimum Gasteiger partial charge on any atom is -0.353 e. The molecule has 0 radical (unpaired) electrons. The molecule has 35 heavy (non-hydrogen) atoms. The Morgan fingerprint density at radius 3 is 2.66 bits per heavy atom. The van der Waals surface area contributed by atoms with E-state index < -0.39 is 0 Å². The molecule has 8 nitrogen and oxygen atoms in total. The normalized spacial score (nSPS) is 15.4. The van der Waals surface area contributed by atoms with Crippen molar-refractivity contribution < 1.29 is 4.79 Å². The summed E-state index contributed by atoms with van der Waals surface area (Å²) < 4.78 is 4.36. The lowest BCUT2D eigenvalue weighted by molar-refractivity contribution is -0.122. The summed E-state index contributed by atoms with van der Waals surface area (Å²) in [4.78, 5) is 28.2. The van der Waals surface area contributed by atoms with Crippen LogP contribution in [0.2, 0.25) is 0 Å². The predicted octanol–water partition coefficient (Wildman–Crippen LogP) is 3.48. The van der Waals surface area contributed by atoms with Crippen molar-refractivity contribution >= 4 is 33.2 Å². The summed E-state index contributed by atoms with van der Waals surface area (Å²) in [5.41, 5.74) is 2.13. The number of thiophene rings is 1. The molecule has 1 N–H and O–H groups in total. The van der Waals surface area contributed by atoms with Gasteiger partial charge in [-0.15, -0.1) is 21.5 Å². The van der Waals surface area contributed by atoms with E-state index in [0.717, 1.165) is 38.0 Å². The number of hydrogen-bond acceptors (Lipinski definition) is 6. The molecule has 4 aromatic rings. The maximum absolute atomic E-state index is 13.0. The largest absolute Gasteiger partial charge is 0.353 e. The number of piperidine rings is 1. The Kier molecular flexibility index (Phi) is 6.97. The van der Waals surface area contributed by atoms with Crippen LogP contribution in [0, 0.1) is 5.92 Å². The molecule has 1 aliphatic rings. The predicted molar refractivity (Wildman–Crippen MR) is 139 cm³/mol. The molecule has 0 bridgehead atoms. The Hall–Kier alpha value is -3.04. The molecular formula is C26H32N6O2S. The summed E-state index contributed by atoms with van der Waals surface area (Å²) in [5, 5.41) is 13.9. The molecule has 1 aromatic carbocycles. The van der Waals surface area contributed by atoms with Crippen molar-refractivity contribution in [3.63, 3.8) is 0 Å². The third kappa shape index (κ3) is 5.16. The maximum Gasteiger partial charge on any atom is 0.272 e.